The van der Waals surface area contributed by atoms with Crippen molar-refractivity contribution in [1.82, 2.24) is 0 Å². The van der Waals surface area contributed by atoms with Crippen LogP contribution in [0.2, 0.25) is 0 Å². The Bertz CT molecular complexity index is 483. The first-order valence-electron chi connectivity index (χ1n) is 3.92. The van der Waals surface area contributed by atoms with E-state index in [1.807, 2.05) is 18.4 Å². The van der Waals surface area contributed by atoms with Crippen LogP contribution >= 0.6 is 45.2 Å². The maximum atomic E-state index is 2.49. The van der Waals surface area contributed by atoms with Gasteiger partial charge in [0, 0.05) is 0 Å². The molecule has 14 heavy (non-hydrogen) atoms. The zero-order valence-corrected chi connectivity index (χ0v) is 16.2. The van der Waals surface area contributed by atoms with Crippen LogP contribution in [0.4, 0.5) is 0 Å². The summed E-state index contributed by atoms with van der Waals surface area (Å²) < 4.78 is 4.51. The first-order chi connectivity index (χ1) is 6.74. The molecule has 0 nitrogen and oxygen atoms in total. The molecule has 0 spiro atoms. The van der Waals surface area contributed by atoms with Crippen molar-refractivity contribution in [2.24, 2.45) is 0 Å². The average Bonchev–Trinajstić information content (AvgIpc) is 2.20. The van der Waals surface area contributed by atoms with Gasteiger partial charge in [0.25, 0.3) is 0 Å². The summed E-state index contributed by atoms with van der Waals surface area (Å²) in [6.07, 6.45) is 0. The van der Waals surface area contributed by atoms with Crippen molar-refractivity contribution in [3.05, 3.63) is 37.5 Å². The quantitative estimate of drug-likeness (QED) is 0.334. The van der Waals surface area contributed by atoms with Crippen molar-refractivity contribution >= 4 is 95.1 Å². The molecular formula is C10H6I2Te2. The summed E-state index contributed by atoms with van der Waals surface area (Å²) in [4.78, 5) is 0. The molecule has 0 amide bonds. The van der Waals surface area contributed by atoms with Crippen LogP contribution < -0.4 is 3.61 Å². The Morgan fingerprint density at radius 3 is 2.57 bits per heavy atom. The first-order valence-corrected chi connectivity index (χ1v) is 15.3. The molecule has 2 aromatic rings. The van der Waals surface area contributed by atoms with Crippen LogP contribution in [0.1, 0.15) is 0 Å². The normalized spacial score (nSPS) is 10.8. The SMILES string of the molecule is [TeH][Te]c1c(I)c(I)cc2ccccc12. The van der Waals surface area contributed by atoms with Gasteiger partial charge in [0.15, 0.2) is 0 Å². The Morgan fingerprint density at radius 1 is 1.14 bits per heavy atom. The minimum atomic E-state index is 0.0336. The van der Waals surface area contributed by atoms with Crippen molar-refractivity contribution in [1.29, 1.82) is 0 Å². The van der Waals surface area contributed by atoms with E-state index in [0.29, 0.717) is 0 Å². The van der Waals surface area contributed by atoms with Gasteiger partial charge in [-0.25, -0.2) is 0 Å². The molecule has 0 atom stereocenters. The molecule has 0 fully saturated rings. The van der Waals surface area contributed by atoms with Gasteiger partial charge in [0.05, 0.1) is 0 Å². The van der Waals surface area contributed by atoms with Gasteiger partial charge in [-0.3, -0.25) is 0 Å². The molecular weight excluding hydrogens is 629 g/mol. The van der Waals surface area contributed by atoms with Crippen molar-refractivity contribution < 1.29 is 0 Å². The number of hydrogen-bond acceptors (Lipinski definition) is 0. The summed E-state index contributed by atoms with van der Waals surface area (Å²) in [6.45, 7) is 0. The summed E-state index contributed by atoms with van der Waals surface area (Å²) in [6, 6.07) is 11.0. The third kappa shape index (κ3) is 2.36. The van der Waals surface area contributed by atoms with Gasteiger partial charge in [-0.1, -0.05) is 0 Å². The van der Waals surface area contributed by atoms with Gasteiger partial charge >= 0.3 is 133 Å². The molecule has 0 radical (unpaired) electrons. The molecule has 0 unspecified atom stereocenters. The molecule has 0 heterocycles. The van der Waals surface area contributed by atoms with Crippen molar-refractivity contribution in [2.45, 2.75) is 0 Å². The van der Waals surface area contributed by atoms with Gasteiger partial charge in [-0.15, -0.1) is 0 Å². The molecule has 0 aliphatic carbocycles. The third-order valence-corrected chi connectivity index (χ3v) is 11.4. The molecule has 0 aliphatic heterocycles. The van der Waals surface area contributed by atoms with E-state index in [1.54, 1.807) is 3.61 Å². The topological polar surface area (TPSA) is 0 Å². The fourth-order valence-corrected chi connectivity index (χ4v) is 12.2. The van der Waals surface area contributed by atoms with Gasteiger partial charge in [0.1, 0.15) is 0 Å². The molecule has 2 aromatic carbocycles. The van der Waals surface area contributed by atoms with E-state index in [0.717, 1.165) is 0 Å². The van der Waals surface area contributed by atoms with Crippen LogP contribution in [0, 0.1) is 7.14 Å². The van der Waals surface area contributed by atoms with E-state index in [4.69, 9.17) is 0 Å². The number of halogens is 2. The summed E-state index contributed by atoms with van der Waals surface area (Å²) in [7, 11) is 0. The molecule has 0 aromatic heterocycles. The van der Waals surface area contributed by atoms with Crippen molar-refractivity contribution in [2.75, 3.05) is 0 Å². The number of rotatable bonds is 1. The third-order valence-electron chi connectivity index (χ3n) is 1.99. The van der Waals surface area contributed by atoms with E-state index < -0.39 is 0 Å². The van der Waals surface area contributed by atoms with E-state index in [1.165, 1.54) is 17.9 Å². The number of fused-ring (bicyclic) bond motifs is 1. The maximum absolute atomic E-state index is 2.49. The van der Waals surface area contributed by atoms with Crippen LogP contribution in [0.3, 0.4) is 0 Å². The molecule has 2 rings (SSSR count). The Kier molecular flexibility index (Phi) is 4.69. The average molecular weight is 635 g/mol. The van der Waals surface area contributed by atoms with Crippen LogP contribution in [0.5, 0.6) is 0 Å². The van der Waals surface area contributed by atoms with E-state index in [9.17, 15) is 0 Å². The van der Waals surface area contributed by atoms with Crippen LogP contribution in [-0.2, 0) is 0 Å². The molecule has 0 bridgehead atoms. The van der Waals surface area contributed by atoms with Gasteiger partial charge in [-0.05, 0) is 0 Å². The molecule has 0 saturated carbocycles. The van der Waals surface area contributed by atoms with Crippen molar-refractivity contribution in [3.63, 3.8) is 0 Å². The summed E-state index contributed by atoms with van der Waals surface area (Å²) in [5, 5.41) is 2.87. The predicted molar refractivity (Wildman–Crippen MR) is 81.9 cm³/mol. The number of benzene rings is 2. The van der Waals surface area contributed by atoms with E-state index >= 15 is 0 Å². The van der Waals surface area contributed by atoms with Crippen LogP contribution in [0.25, 0.3) is 10.8 Å². The summed E-state index contributed by atoms with van der Waals surface area (Å²) >= 11 is 6.96. The fourth-order valence-electron chi connectivity index (χ4n) is 1.35. The second-order valence-corrected chi connectivity index (χ2v) is 10.2. The minimum absolute atomic E-state index is 0.0336. The van der Waals surface area contributed by atoms with Crippen LogP contribution in [0.15, 0.2) is 30.3 Å². The van der Waals surface area contributed by atoms with Gasteiger partial charge in [0.2, 0.25) is 0 Å². The zero-order valence-electron chi connectivity index (χ0n) is 7.00. The van der Waals surface area contributed by atoms with Crippen molar-refractivity contribution in [3.8, 4) is 0 Å². The Balaban J connectivity index is 2.89. The predicted octanol–water partition coefficient (Wildman–Crippen LogP) is 2.19. The van der Waals surface area contributed by atoms with E-state index in [2.05, 4.69) is 75.5 Å². The Morgan fingerprint density at radius 2 is 1.86 bits per heavy atom. The molecule has 0 saturated heterocycles. The monoisotopic (exact) mass is 640 g/mol. The molecule has 0 N–H and O–H groups in total. The zero-order chi connectivity index (χ0) is 10.1. The molecule has 0 aliphatic rings. The molecule has 4 heteroatoms. The fraction of sp³-hybridized carbons (Fsp3) is 0. The Hall–Kier alpha value is 1.74. The standard InChI is InChI=1S/C10H6I2Te2/c11-8-5-6-3-1-2-4-7(6)10(14-13)9(8)12/h1-5,13H. The van der Waals surface area contributed by atoms with E-state index in [-0.39, 0.29) is 17.1 Å². The molecule has 72 valence electrons. The summed E-state index contributed by atoms with van der Waals surface area (Å²) in [5.74, 6) is 0. The first kappa shape index (κ1) is 12.2. The second-order valence-electron chi connectivity index (χ2n) is 2.81. The summed E-state index contributed by atoms with van der Waals surface area (Å²) in [5.41, 5.74) is 0. The Labute approximate surface area is 130 Å². The number of hydrogen-bond donors (Lipinski definition) is 0. The second kappa shape index (κ2) is 5.38. The van der Waals surface area contributed by atoms with Gasteiger partial charge in [-0.2, -0.15) is 0 Å². The van der Waals surface area contributed by atoms with Gasteiger partial charge < -0.3 is 0 Å². The van der Waals surface area contributed by atoms with Crippen LogP contribution in [-0.4, -0.2) is 35.5 Å².